The average molecular weight is 245 g/mol. The molecular formula is C10H10F3N3O. The first-order valence-electron chi connectivity index (χ1n) is 4.96. The molecule has 1 saturated heterocycles. The van der Waals surface area contributed by atoms with Crippen molar-refractivity contribution in [2.75, 3.05) is 18.0 Å². The minimum atomic E-state index is -4.45. The van der Waals surface area contributed by atoms with Crippen LogP contribution < -0.4 is 10.6 Å². The van der Waals surface area contributed by atoms with Gasteiger partial charge in [0.2, 0.25) is 5.91 Å². The van der Waals surface area contributed by atoms with Gasteiger partial charge in [-0.3, -0.25) is 4.79 Å². The second kappa shape index (κ2) is 3.90. The first-order chi connectivity index (χ1) is 7.88. The maximum atomic E-state index is 12.4. The number of amides is 1. The lowest BCUT2D eigenvalue weighted by atomic mass is 10.00. The standard InChI is InChI=1S/C10H10F3N3O/c11-10(12,13)7-2-1-3-8(15-7)16-4-6(5-16)9(14)17/h1-3,6H,4-5H2,(H2,14,17). The number of rotatable bonds is 2. The number of alkyl halides is 3. The number of halogens is 3. The molecule has 2 N–H and O–H groups in total. The Bertz CT molecular complexity index is 441. The molecule has 0 aromatic carbocycles. The molecule has 2 heterocycles. The normalized spacial score (nSPS) is 16.8. The van der Waals surface area contributed by atoms with Crippen molar-refractivity contribution in [3.8, 4) is 0 Å². The second-order valence-corrected chi connectivity index (χ2v) is 3.88. The zero-order valence-electron chi connectivity index (χ0n) is 8.74. The van der Waals surface area contributed by atoms with Crippen LogP contribution in [0.3, 0.4) is 0 Å². The van der Waals surface area contributed by atoms with Crippen LogP contribution in [0.2, 0.25) is 0 Å². The number of carbonyl (C=O) groups excluding carboxylic acids is 1. The van der Waals surface area contributed by atoms with E-state index in [0.717, 1.165) is 6.07 Å². The van der Waals surface area contributed by atoms with Crippen molar-refractivity contribution in [1.29, 1.82) is 0 Å². The van der Waals surface area contributed by atoms with Crippen molar-refractivity contribution in [1.82, 2.24) is 4.98 Å². The number of nitrogens with zero attached hydrogens (tertiary/aromatic N) is 2. The predicted molar refractivity (Wildman–Crippen MR) is 54.1 cm³/mol. The summed E-state index contributed by atoms with van der Waals surface area (Å²) in [7, 11) is 0. The van der Waals surface area contributed by atoms with Crippen molar-refractivity contribution in [3.05, 3.63) is 23.9 Å². The molecular weight excluding hydrogens is 235 g/mol. The maximum absolute atomic E-state index is 12.4. The van der Waals surface area contributed by atoms with Crippen LogP contribution in [0.4, 0.5) is 19.0 Å². The topological polar surface area (TPSA) is 59.2 Å². The molecule has 1 aromatic heterocycles. The molecule has 1 aromatic rings. The Morgan fingerprint density at radius 3 is 2.59 bits per heavy atom. The number of hydrogen-bond acceptors (Lipinski definition) is 3. The van der Waals surface area contributed by atoms with Gasteiger partial charge in [-0.05, 0) is 12.1 Å². The van der Waals surface area contributed by atoms with Crippen molar-refractivity contribution >= 4 is 11.7 Å². The summed E-state index contributed by atoms with van der Waals surface area (Å²) in [6, 6.07) is 3.68. The van der Waals surface area contributed by atoms with Crippen molar-refractivity contribution in [3.63, 3.8) is 0 Å². The molecule has 1 amide bonds. The quantitative estimate of drug-likeness (QED) is 0.846. The highest BCUT2D eigenvalue weighted by atomic mass is 19.4. The van der Waals surface area contributed by atoms with E-state index in [9.17, 15) is 18.0 Å². The molecule has 1 aliphatic heterocycles. The van der Waals surface area contributed by atoms with Gasteiger partial charge >= 0.3 is 6.18 Å². The SMILES string of the molecule is NC(=O)C1CN(c2cccc(C(F)(F)F)n2)C1. The van der Waals surface area contributed by atoms with Gasteiger partial charge in [0, 0.05) is 13.1 Å². The Morgan fingerprint density at radius 2 is 2.06 bits per heavy atom. The van der Waals surface area contributed by atoms with Crippen LogP contribution in [0.15, 0.2) is 18.2 Å². The monoisotopic (exact) mass is 245 g/mol. The van der Waals surface area contributed by atoms with Crippen molar-refractivity contribution in [2.45, 2.75) is 6.18 Å². The molecule has 92 valence electrons. The molecule has 0 aliphatic carbocycles. The Kier molecular flexibility index (Phi) is 2.68. The summed E-state index contributed by atoms with van der Waals surface area (Å²) in [5, 5.41) is 0. The van der Waals surface area contributed by atoms with E-state index in [1.807, 2.05) is 0 Å². The molecule has 7 heteroatoms. The Balaban J connectivity index is 2.11. The molecule has 4 nitrogen and oxygen atoms in total. The molecule has 0 saturated carbocycles. The van der Waals surface area contributed by atoms with Crippen LogP contribution in [-0.2, 0) is 11.0 Å². The van der Waals surface area contributed by atoms with E-state index >= 15 is 0 Å². The summed E-state index contributed by atoms with van der Waals surface area (Å²) in [6.45, 7) is 0.646. The van der Waals surface area contributed by atoms with E-state index in [0.29, 0.717) is 13.1 Å². The van der Waals surface area contributed by atoms with E-state index in [4.69, 9.17) is 5.73 Å². The predicted octanol–water partition coefficient (Wildman–Crippen LogP) is 1.02. The summed E-state index contributed by atoms with van der Waals surface area (Å²) >= 11 is 0. The zero-order chi connectivity index (χ0) is 12.6. The number of hydrogen-bond donors (Lipinski definition) is 1. The molecule has 1 aliphatic rings. The summed E-state index contributed by atoms with van der Waals surface area (Å²) < 4.78 is 37.2. The lowest BCUT2D eigenvalue weighted by molar-refractivity contribution is -0.141. The smallest absolute Gasteiger partial charge is 0.369 e. The van der Waals surface area contributed by atoms with Crippen LogP contribution >= 0.6 is 0 Å². The highest BCUT2D eigenvalue weighted by Crippen LogP contribution is 2.30. The minimum absolute atomic E-state index is 0.220. The molecule has 0 unspecified atom stereocenters. The van der Waals surface area contributed by atoms with Crippen LogP contribution in [0.25, 0.3) is 0 Å². The summed E-state index contributed by atoms with van der Waals surface area (Å²) in [4.78, 5) is 15.9. The van der Waals surface area contributed by atoms with Gasteiger partial charge in [-0.15, -0.1) is 0 Å². The molecule has 0 bridgehead atoms. The van der Waals surface area contributed by atoms with Gasteiger partial charge in [-0.25, -0.2) is 4.98 Å². The van der Waals surface area contributed by atoms with Gasteiger partial charge in [0.1, 0.15) is 11.5 Å². The van der Waals surface area contributed by atoms with Gasteiger partial charge < -0.3 is 10.6 Å². The zero-order valence-corrected chi connectivity index (χ0v) is 8.74. The number of pyridine rings is 1. The van der Waals surface area contributed by atoms with E-state index < -0.39 is 17.8 Å². The lowest BCUT2D eigenvalue weighted by Crippen LogP contribution is -2.53. The molecule has 0 atom stereocenters. The fourth-order valence-corrected chi connectivity index (χ4v) is 1.60. The maximum Gasteiger partial charge on any atom is 0.433 e. The van der Waals surface area contributed by atoms with Gasteiger partial charge in [0.05, 0.1) is 5.92 Å². The van der Waals surface area contributed by atoms with E-state index in [1.165, 1.54) is 12.1 Å². The summed E-state index contributed by atoms with van der Waals surface area (Å²) in [5.41, 5.74) is 4.14. The van der Waals surface area contributed by atoms with E-state index in [2.05, 4.69) is 4.98 Å². The van der Waals surface area contributed by atoms with Crippen molar-refractivity contribution in [2.24, 2.45) is 11.7 Å². The van der Waals surface area contributed by atoms with Crippen molar-refractivity contribution < 1.29 is 18.0 Å². The minimum Gasteiger partial charge on any atom is -0.369 e. The highest BCUT2D eigenvalue weighted by molar-refractivity contribution is 5.79. The number of primary amides is 1. The number of anilines is 1. The molecule has 1 fully saturated rings. The third-order valence-electron chi connectivity index (χ3n) is 2.63. The van der Waals surface area contributed by atoms with Crippen LogP contribution in [0, 0.1) is 5.92 Å². The molecule has 2 rings (SSSR count). The largest absolute Gasteiger partial charge is 0.433 e. The van der Waals surface area contributed by atoms with Crippen LogP contribution in [-0.4, -0.2) is 24.0 Å². The van der Waals surface area contributed by atoms with Gasteiger partial charge in [-0.2, -0.15) is 13.2 Å². The first-order valence-corrected chi connectivity index (χ1v) is 4.96. The Morgan fingerprint density at radius 1 is 1.41 bits per heavy atom. The Labute approximate surface area is 95.2 Å². The van der Waals surface area contributed by atoms with Gasteiger partial charge in [-0.1, -0.05) is 6.07 Å². The number of aromatic nitrogens is 1. The lowest BCUT2D eigenvalue weighted by Gasteiger charge is -2.38. The summed E-state index contributed by atoms with van der Waals surface area (Å²) in [5.74, 6) is -0.517. The van der Waals surface area contributed by atoms with E-state index in [1.54, 1.807) is 4.90 Å². The summed E-state index contributed by atoms with van der Waals surface area (Å²) in [6.07, 6.45) is -4.45. The third kappa shape index (κ3) is 2.32. The molecule has 0 spiro atoms. The molecule has 17 heavy (non-hydrogen) atoms. The van der Waals surface area contributed by atoms with Crippen LogP contribution in [0.1, 0.15) is 5.69 Å². The van der Waals surface area contributed by atoms with Crippen LogP contribution in [0.5, 0.6) is 0 Å². The number of carbonyl (C=O) groups is 1. The Hall–Kier alpha value is -1.79. The fraction of sp³-hybridized carbons (Fsp3) is 0.400. The highest BCUT2D eigenvalue weighted by Gasteiger charge is 2.35. The van der Waals surface area contributed by atoms with E-state index in [-0.39, 0.29) is 11.7 Å². The second-order valence-electron chi connectivity index (χ2n) is 3.88. The van der Waals surface area contributed by atoms with Gasteiger partial charge in [0.15, 0.2) is 0 Å². The average Bonchev–Trinajstić information content (AvgIpc) is 2.13. The fourth-order valence-electron chi connectivity index (χ4n) is 1.60. The third-order valence-corrected chi connectivity index (χ3v) is 2.63. The first kappa shape index (κ1) is 11.7. The molecule has 0 radical (unpaired) electrons. The van der Waals surface area contributed by atoms with Gasteiger partial charge in [0.25, 0.3) is 0 Å². The number of nitrogens with two attached hydrogens (primary N) is 1.